The third kappa shape index (κ3) is 2.88. The molecule has 0 N–H and O–H groups in total. The summed E-state index contributed by atoms with van der Waals surface area (Å²) in [5.41, 5.74) is 4.79. The summed E-state index contributed by atoms with van der Waals surface area (Å²) in [4.78, 5) is 34.7. The van der Waals surface area contributed by atoms with Crippen LogP contribution in [0.2, 0.25) is 0 Å². The molecule has 0 radical (unpaired) electrons. The summed E-state index contributed by atoms with van der Waals surface area (Å²) in [6.45, 7) is 0. The van der Waals surface area contributed by atoms with Crippen LogP contribution in [0, 0.1) is 11.8 Å². The van der Waals surface area contributed by atoms with Gasteiger partial charge in [0.25, 0.3) is 0 Å². The fourth-order valence-corrected chi connectivity index (χ4v) is 6.73. The second-order valence-electron chi connectivity index (χ2n) is 9.83. The molecule has 1 fully saturated rings. The van der Waals surface area contributed by atoms with Gasteiger partial charge in [-0.3, -0.25) is 14.6 Å². The molecule has 1 aliphatic heterocycles. The molecule has 2 atom stereocenters. The average Bonchev–Trinajstić information content (AvgIpc) is 3.23. The molecule has 1 heterocycles. The van der Waals surface area contributed by atoms with Crippen molar-refractivity contribution in [3.05, 3.63) is 125 Å². The highest BCUT2D eigenvalue weighted by Crippen LogP contribution is 2.63. The topological polar surface area (TPSA) is 59.0 Å². The van der Waals surface area contributed by atoms with Crippen LogP contribution >= 0.6 is 0 Å². The van der Waals surface area contributed by atoms with Gasteiger partial charge >= 0.3 is 0 Å². The van der Waals surface area contributed by atoms with Crippen LogP contribution in [0.15, 0.2) is 108 Å². The van der Waals surface area contributed by atoms with Crippen molar-refractivity contribution in [2.24, 2.45) is 16.8 Å². The molecule has 2 amide bonds. The van der Waals surface area contributed by atoms with Gasteiger partial charge in [-0.15, -0.1) is 0 Å². The van der Waals surface area contributed by atoms with E-state index in [1.54, 1.807) is 7.11 Å². The van der Waals surface area contributed by atoms with Gasteiger partial charge < -0.3 is 4.74 Å². The molecule has 8 rings (SSSR count). The number of carbonyl (C=O) groups is 2. The first-order valence-electron chi connectivity index (χ1n) is 12.5. The van der Waals surface area contributed by atoms with Crippen LogP contribution in [-0.2, 0) is 15.0 Å². The van der Waals surface area contributed by atoms with E-state index in [9.17, 15) is 9.59 Å². The maximum atomic E-state index is 14.3. The Balaban J connectivity index is 1.49. The van der Waals surface area contributed by atoms with Crippen LogP contribution in [-0.4, -0.2) is 25.1 Å². The van der Waals surface area contributed by atoms with Gasteiger partial charge in [0, 0.05) is 12.1 Å². The zero-order valence-corrected chi connectivity index (χ0v) is 20.2. The molecule has 37 heavy (non-hydrogen) atoms. The average molecular weight is 485 g/mol. The van der Waals surface area contributed by atoms with E-state index in [-0.39, 0.29) is 17.7 Å². The highest BCUT2D eigenvalue weighted by atomic mass is 16.5. The first-order valence-corrected chi connectivity index (χ1v) is 12.5. The Morgan fingerprint density at radius 2 is 1.35 bits per heavy atom. The molecule has 4 aliphatic rings. The molecule has 4 aromatic rings. The van der Waals surface area contributed by atoms with Gasteiger partial charge in [0.05, 0.1) is 35.7 Å². The van der Waals surface area contributed by atoms with E-state index >= 15 is 0 Å². The standard InChI is InChI=1S/C32H24N2O3/c1-37-22-17-15-20(16-18-22)33-19-32-25-13-7-5-11-23(25)27(24-12-6-8-14-26(24)32)28-29(32)31(36)34(30(28)35)21-9-3-2-4-10-21/h2-19,27-29H,1H3/t27?,28-,29+,32?/m1/s1. The number of hydrogen-bond acceptors (Lipinski definition) is 4. The molecular formula is C32H24N2O3. The first-order chi connectivity index (χ1) is 18.1. The number of carbonyl (C=O) groups excluding carboxylic acids is 2. The first kappa shape index (κ1) is 21.7. The lowest BCUT2D eigenvalue weighted by atomic mass is 9.47. The summed E-state index contributed by atoms with van der Waals surface area (Å²) in [6.07, 6.45) is 1.92. The molecule has 3 aliphatic carbocycles. The lowest BCUT2D eigenvalue weighted by Gasteiger charge is -2.52. The third-order valence-corrected chi connectivity index (χ3v) is 8.19. The van der Waals surface area contributed by atoms with Crippen LogP contribution in [0.1, 0.15) is 28.2 Å². The molecule has 0 saturated carbocycles. The van der Waals surface area contributed by atoms with Crippen molar-refractivity contribution in [1.29, 1.82) is 0 Å². The van der Waals surface area contributed by atoms with Crippen molar-refractivity contribution in [2.75, 3.05) is 12.0 Å². The minimum absolute atomic E-state index is 0.141. The fourth-order valence-electron chi connectivity index (χ4n) is 6.73. The summed E-state index contributed by atoms with van der Waals surface area (Å²) >= 11 is 0. The third-order valence-electron chi connectivity index (χ3n) is 8.19. The predicted octanol–water partition coefficient (Wildman–Crippen LogP) is 5.65. The number of nitrogens with zero attached hydrogens (tertiary/aromatic N) is 2. The van der Waals surface area contributed by atoms with Crippen LogP contribution < -0.4 is 9.64 Å². The van der Waals surface area contributed by atoms with Crippen LogP contribution in [0.4, 0.5) is 11.4 Å². The molecule has 1 saturated heterocycles. The van der Waals surface area contributed by atoms with Crippen LogP contribution in [0.3, 0.4) is 0 Å². The quantitative estimate of drug-likeness (QED) is 0.278. The van der Waals surface area contributed by atoms with E-state index in [0.29, 0.717) is 5.69 Å². The Bertz CT molecular complexity index is 1530. The largest absolute Gasteiger partial charge is 0.497 e. The number of benzene rings is 4. The number of amides is 2. The summed E-state index contributed by atoms with van der Waals surface area (Å²) in [7, 11) is 1.63. The highest BCUT2D eigenvalue weighted by Gasteiger charge is 2.67. The molecule has 0 spiro atoms. The maximum Gasteiger partial charge on any atom is 0.239 e. The van der Waals surface area contributed by atoms with E-state index in [2.05, 4.69) is 24.3 Å². The monoisotopic (exact) mass is 484 g/mol. The lowest BCUT2D eigenvalue weighted by molar-refractivity contribution is -0.122. The normalized spacial score (nSPS) is 25.2. The van der Waals surface area contributed by atoms with Gasteiger partial charge in [-0.05, 0) is 58.7 Å². The number of ether oxygens (including phenoxy) is 1. The maximum absolute atomic E-state index is 14.3. The number of hydrogen-bond donors (Lipinski definition) is 0. The Kier molecular flexibility index (Phi) is 4.70. The van der Waals surface area contributed by atoms with Crippen molar-refractivity contribution in [2.45, 2.75) is 11.3 Å². The van der Waals surface area contributed by atoms with Gasteiger partial charge in [0.1, 0.15) is 5.75 Å². The molecular weight excluding hydrogens is 460 g/mol. The van der Waals surface area contributed by atoms with Gasteiger partial charge in [-0.2, -0.15) is 0 Å². The van der Waals surface area contributed by atoms with Crippen LogP contribution in [0.5, 0.6) is 5.75 Å². The second-order valence-corrected chi connectivity index (χ2v) is 9.83. The molecule has 4 aromatic carbocycles. The van der Waals surface area contributed by atoms with E-state index in [0.717, 1.165) is 33.7 Å². The second kappa shape index (κ2) is 8.00. The number of para-hydroxylation sites is 1. The van der Waals surface area contributed by atoms with Gasteiger partial charge in [0.2, 0.25) is 11.8 Å². The van der Waals surface area contributed by atoms with Crippen molar-refractivity contribution in [1.82, 2.24) is 0 Å². The summed E-state index contributed by atoms with van der Waals surface area (Å²) in [5, 5.41) is 0. The molecule has 5 heteroatoms. The molecule has 180 valence electrons. The highest BCUT2D eigenvalue weighted by molar-refractivity contribution is 6.25. The number of rotatable bonds is 4. The minimum Gasteiger partial charge on any atom is -0.497 e. The summed E-state index contributed by atoms with van der Waals surface area (Å²) < 4.78 is 5.30. The van der Waals surface area contributed by atoms with E-state index in [1.165, 1.54) is 4.90 Å². The van der Waals surface area contributed by atoms with Crippen molar-refractivity contribution < 1.29 is 14.3 Å². The Hall–Kier alpha value is -4.51. The fraction of sp³-hybridized carbons (Fsp3) is 0.156. The van der Waals surface area contributed by atoms with E-state index < -0.39 is 17.3 Å². The van der Waals surface area contributed by atoms with E-state index in [4.69, 9.17) is 9.73 Å². The Morgan fingerprint density at radius 3 is 1.97 bits per heavy atom. The Morgan fingerprint density at radius 1 is 0.757 bits per heavy atom. The number of aliphatic imine (C=N–C) groups is 1. The lowest BCUT2D eigenvalue weighted by Crippen LogP contribution is -2.54. The van der Waals surface area contributed by atoms with Crippen molar-refractivity contribution >= 4 is 29.4 Å². The summed E-state index contributed by atoms with van der Waals surface area (Å²) in [5.74, 6) is -0.828. The van der Waals surface area contributed by atoms with Gasteiger partial charge in [-0.25, -0.2) is 4.90 Å². The van der Waals surface area contributed by atoms with Gasteiger partial charge in [-0.1, -0.05) is 66.7 Å². The zero-order valence-electron chi connectivity index (χ0n) is 20.2. The predicted molar refractivity (Wildman–Crippen MR) is 143 cm³/mol. The zero-order chi connectivity index (χ0) is 25.1. The number of imide groups is 1. The van der Waals surface area contributed by atoms with Crippen LogP contribution in [0.25, 0.3) is 0 Å². The van der Waals surface area contributed by atoms with Crippen molar-refractivity contribution in [3.8, 4) is 5.75 Å². The van der Waals surface area contributed by atoms with E-state index in [1.807, 2.05) is 85.1 Å². The number of methoxy groups -OCH3 is 1. The Labute approximate surface area is 215 Å². The minimum atomic E-state index is -0.872. The molecule has 2 bridgehead atoms. The summed E-state index contributed by atoms with van der Waals surface area (Å²) in [6, 6.07) is 33.2. The number of anilines is 1. The SMILES string of the molecule is COc1ccc(N=CC23c4ccccc4C(c4ccccc42)[C@H]2C(=O)N(c4ccccc4)C(=O)[C@H]23)cc1. The smallest absolute Gasteiger partial charge is 0.239 e. The molecule has 0 unspecified atom stereocenters. The van der Waals surface area contributed by atoms with Crippen molar-refractivity contribution in [3.63, 3.8) is 0 Å². The van der Waals surface area contributed by atoms with Gasteiger partial charge in [0.15, 0.2) is 0 Å². The molecule has 0 aromatic heterocycles. The molecule has 5 nitrogen and oxygen atoms in total.